The van der Waals surface area contributed by atoms with Gasteiger partial charge in [-0.1, -0.05) is 25.1 Å². The number of methoxy groups -OCH3 is 1. The molecule has 1 aromatic carbocycles. The van der Waals surface area contributed by atoms with Gasteiger partial charge >= 0.3 is 0 Å². The topological polar surface area (TPSA) is 21.3 Å². The van der Waals surface area contributed by atoms with Gasteiger partial charge in [0.05, 0.1) is 7.11 Å². The van der Waals surface area contributed by atoms with E-state index in [4.69, 9.17) is 4.74 Å². The standard InChI is InChI=1S/C13H19NO/c1-10-7-8-12(14-9-10)11-5-3-4-6-13(11)15-2/h3-6,10,12,14H,7-9H2,1-2H3/t10-,12-/m0/s1. The van der Waals surface area contributed by atoms with Crippen molar-refractivity contribution in [1.82, 2.24) is 5.32 Å². The lowest BCUT2D eigenvalue weighted by molar-refractivity contribution is 0.322. The minimum atomic E-state index is 0.470. The van der Waals surface area contributed by atoms with Crippen molar-refractivity contribution in [3.8, 4) is 5.75 Å². The maximum Gasteiger partial charge on any atom is 0.123 e. The normalized spacial score (nSPS) is 26.3. The van der Waals surface area contributed by atoms with Crippen LogP contribution in [0.5, 0.6) is 5.75 Å². The molecule has 1 N–H and O–H groups in total. The molecule has 0 radical (unpaired) electrons. The lowest BCUT2D eigenvalue weighted by atomic mass is 9.92. The van der Waals surface area contributed by atoms with Crippen molar-refractivity contribution in [3.63, 3.8) is 0 Å². The Morgan fingerprint density at radius 3 is 2.73 bits per heavy atom. The number of rotatable bonds is 2. The first-order chi connectivity index (χ1) is 7.31. The van der Waals surface area contributed by atoms with Crippen molar-refractivity contribution in [3.05, 3.63) is 29.8 Å². The summed E-state index contributed by atoms with van der Waals surface area (Å²) in [5.41, 5.74) is 1.30. The molecule has 82 valence electrons. The van der Waals surface area contributed by atoms with Crippen LogP contribution in [0.15, 0.2) is 24.3 Å². The Hall–Kier alpha value is -1.02. The van der Waals surface area contributed by atoms with Gasteiger partial charge in [-0.05, 0) is 31.4 Å². The predicted molar refractivity (Wildman–Crippen MR) is 62.1 cm³/mol. The summed E-state index contributed by atoms with van der Waals surface area (Å²) >= 11 is 0. The Bertz CT molecular complexity index is 316. The van der Waals surface area contributed by atoms with Crippen LogP contribution < -0.4 is 10.1 Å². The second-order valence-corrected chi connectivity index (χ2v) is 4.39. The van der Waals surface area contributed by atoms with E-state index in [0.29, 0.717) is 6.04 Å². The van der Waals surface area contributed by atoms with Crippen LogP contribution in [0.2, 0.25) is 0 Å². The molecular weight excluding hydrogens is 186 g/mol. The molecule has 1 fully saturated rings. The Kier molecular flexibility index (Phi) is 3.27. The molecular formula is C13H19NO. The van der Waals surface area contributed by atoms with Gasteiger partial charge in [0.25, 0.3) is 0 Å². The molecule has 2 rings (SSSR count). The summed E-state index contributed by atoms with van der Waals surface area (Å²) in [6.07, 6.45) is 2.51. The molecule has 0 aliphatic carbocycles. The smallest absolute Gasteiger partial charge is 0.123 e. The number of nitrogens with one attached hydrogen (secondary N) is 1. The van der Waals surface area contributed by atoms with Crippen molar-refractivity contribution in [2.75, 3.05) is 13.7 Å². The first-order valence-corrected chi connectivity index (χ1v) is 5.67. The van der Waals surface area contributed by atoms with E-state index in [-0.39, 0.29) is 0 Å². The zero-order chi connectivity index (χ0) is 10.7. The highest BCUT2D eigenvalue weighted by Gasteiger charge is 2.20. The van der Waals surface area contributed by atoms with E-state index in [1.165, 1.54) is 18.4 Å². The van der Waals surface area contributed by atoms with Gasteiger partial charge in [0.15, 0.2) is 0 Å². The maximum absolute atomic E-state index is 5.39. The summed E-state index contributed by atoms with van der Waals surface area (Å²) in [5.74, 6) is 1.81. The molecule has 0 amide bonds. The van der Waals surface area contributed by atoms with Gasteiger partial charge in [-0.25, -0.2) is 0 Å². The van der Waals surface area contributed by atoms with Crippen LogP contribution in [0.1, 0.15) is 31.4 Å². The highest BCUT2D eigenvalue weighted by Crippen LogP contribution is 2.31. The number of hydrogen-bond donors (Lipinski definition) is 1. The van der Waals surface area contributed by atoms with Crippen LogP contribution in [0, 0.1) is 5.92 Å². The molecule has 0 spiro atoms. The number of piperidine rings is 1. The van der Waals surface area contributed by atoms with E-state index >= 15 is 0 Å². The quantitative estimate of drug-likeness (QED) is 0.801. The molecule has 0 aromatic heterocycles. The molecule has 2 nitrogen and oxygen atoms in total. The van der Waals surface area contributed by atoms with Gasteiger partial charge in [-0.2, -0.15) is 0 Å². The molecule has 1 aliphatic rings. The summed E-state index contributed by atoms with van der Waals surface area (Å²) in [7, 11) is 1.74. The van der Waals surface area contributed by atoms with Crippen LogP contribution >= 0.6 is 0 Å². The Balaban J connectivity index is 2.15. The molecule has 1 aromatic rings. The van der Waals surface area contributed by atoms with Crippen LogP contribution in [0.25, 0.3) is 0 Å². The summed E-state index contributed by atoms with van der Waals surface area (Å²) in [4.78, 5) is 0. The molecule has 0 unspecified atom stereocenters. The van der Waals surface area contributed by atoms with Crippen LogP contribution in [0.3, 0.4) is 0 Å². The highest BCUT2D eigenvalue weighted by atomic mass is 16.5. The fourth-order valence-corrected chi connectivity index (χ4v) is 2.22. The van der Waals surface area contributed by atoms with Crippen molar-refractivity contribution >= 4 is 0 Å². The molecule has 1 aliphatic heterocycles. The minimum Gasteiger partial charge on any atom is -0.496 e. The SMILES string of the molecule is COc1ccccc1[C@@H]1CC[C@H](C)CN1. The number of hydrogen-bond acceptors (Lipinski definition) is 2. The monoisotopic (exact) mass is 205 g/mol. The summed E-state index contributed by atoms with van der Waals surface area (Å²) in [6.45, 7) is 3.41. The second-order valence-electron chi connectivity index (χ2n) is 4.39. The zero-order valence-electron chi connectivity index (χ0n) is 9.49. The van der Waals surface area contributed by atoms with Crippen LogP contribution in [-0.4, -0.2) is 13.7 Å². The maximum atomic E-state index is 5.39. The molecule has 1 saturated heterocycles. The second kappa shape index (κ2) is 4.67. The van der Waals surface area contributed by atoms with Crippen molar-refractivity contribution in [1.29, 1.82) is 0 Å². The third-order valence-corrected chi connectivity index (χ3v) is 3.18. The third kappa shape index (κ3) is 2.32. The van der Waals surface area contributed by atoms with E-state index in [9.17, 15) is 0 Å². The van der Waals surface area contributed by atoms with Crippen molar-refractivity contribution in [2.45, 2.75) is 25.8 Å². The molecule has 2 heteroatoms. The van der Waals surface area contributed by atoms with Crippen molar-refractivity contribution < 1.29 is 4.74 Å². The molecule has 15 heavy (non-hydrogen) atoms. The van der Waals surface area contributed by atoms with E-state index in [2.05, 4.69) is 24.4 Å². The molecule has 0 bridgehead atoms. The van der Waals surface area contributed by atoms with Crippen molar-refractivity contribution in [2.24, 2.45) is 5.92 Å². The number of benzene rings is 1. The van der Waals surface area contributed by atoms with Gasteiger partial charge in [0.1, 0.15) is 5.75 Å². The number of ether oxygens (including phenoxy) is 1. The predicted octanol–water partition coefficient (Wildman–Crippen LogP) is 2.76. The summed E-state index contributed by atoms with van der Waals surface area (Å²) in [6, 6.07) is 8.77. The largest absolute Gasteiger partial charge is 0.496 e. The average Bonchev–Trinajstić information content (AvgIpc) is 2.30. The van der Waals surface area contributed by atoms with Crippen LogP contribution in [0.4, 0.5) is 0 Å². The third-order valence-electron chi connectivity index (χ3n) is 3.18. The molecule has 2 atom stereocenters. The highest BCUT2D eigenvalue weighted by molar-refractivity contribution is 5.36. The van der Waals surface area contributed by atoms with Crippen LogP contribution in [-0.2, 0) is 0 Å². The van der Waals surface area contributed by atoms with Gasteiger partial charge in [-0.15, -0.1) is 0 Å². The van der Waals surface area contributed by atoms with E-state index < -0.39 is 0 Å². The van der Waals surface area contributed by atoms with E-state index in [1.54, 1.807) is 7.11 Å². The molecule has 1 heterocycles. The fourth-order valence-electron chi connectivity index (χ4n) is 2.22. The van der Waals surface area contributed by atoms with E-state index in [0.717, 1.165) is 18.2 Å². The average molecular weight is 205 g/mol. The lowest BCUT2D eigenvalue weighted by Gasteiger charge is -2.29. The zero-order valence-corrected chi connectivity index (χ0v) is 9.49. The first-order valence-electron chi connectivity index (χ1n) is 5.67. The minimum absolute atomic E-state index is 0.470. The number of para-hydroxylation sites is 1. The van der Waals surface area contributed by atoms with Gasteiger partial charge in [0.2, 0.25) is 0 Å². The lowest BCUT2D eigenvalue weighted by Crippen LogP contribution is -2.32. The summed E-state index contributed by atoms with van der Waals surface area (Å²) in [5, 5.41) is 3.58. The van der Waals surface area contributed by atoms with Gasteiger partial charge in [0, 0.05) is 11.6 Å². The fraction of sp³-hybridized carbons (Fsp3) is 0.538. The summed E-state index contributed by atoms with van der Waals surface area (Å²) < 4.78 is 5.39. The van der Waals surface area contributed by atoms with Gasteiger partial charge in [-0.3, -0.25) is 0 Å². The Morgan fingerprint density at radius 1 is 1.27 bits per heavy atom. The molecule has 0 saturated carbocycles. The Labute approximate surface area is 91.6 Å². The Morgan fingerprint density at radius 2 is 2.07 bits per heavy atom. The first kappa shape index (κ1) is 10.5. The van der Waals surface area contributed by atoms with E-state index in [1.807, 2.05) is 12.1 Å². The van der Waals surface area contributed by atoms with Gasteiger partial charge < -0.3 is 10.1 Å².